The van der Waals surface area contributed by atoms with E-state index >= 15 is 0 Å². The van der Waals surface area contributed by atoms with Crippen LogP contribution in [0, 0.1) is 17.8 Å². The summed E-state index contributed by atoms with van der Waals surface area (Å²) in [6.07, 6.45) is 5.80. The minimum absolute atomic E-state index is 0.0262. The average molecular weight is 589 g/mol. The van der Waals surface area contributed by atoms with E-state index in [9.17, 15) is 4.79 Å². The van der Waals surface area contributed by atoms with Crippen LogP contribution in [0.3, 0.4) is 0 Å². The molecular formula is C35H36N6O3. The molecule has 0 aliphatic carbocycles. The Balaban J connectivity index is 1.18. The zero-order valence-corrected chi connectivity index (χ0v) is 24.7. The number of hydrogen-bond acceptors (Lipinski definition) is 7. The Hall–Kier alpha value is -4.65. The van der Waals surface area contributed by atoms with E-state index < -0.39 is 0 Å². The third kappa shape index (κ3) is 5.43. The molecule has 9 heteroatoms. The molecule has 224 valence electrons. The number of piperidine rings is 1. The molecule has 2 aromatic carbocycles. The number of nitrogen functional groups attached to an aromatic ring is 1. The molecule has 2 aromatic heterocycles. The molecular weight excluding hydrogens is 552 g/mol. The topological polar surface area (TPSA) is 98.7 Å². The zero-order valence-electron chi connectivity index (χ0n) is 24.7. The van der Waals surface area contributed by atoms with Gasteiger partial charge in [-0.2, -0.15) is 0 Å². The van der Waals surface area contributed by atoms with Crippen molar-refractivity contribution < 1.29 is 14.3 Å². The maximum atomic E-state index is 12.0. The van der Waals surface area contributed by atoms with Crippen molar-refractivity contribution in [2.75, 3.05) is 45.1 Å². The molecule has 5 heterocycles. The molecule has 3 aliphatic heterocycles. The van der Waals surface area contributed by atoms with Crippen molar-refractivity contribution in [1.29, 1.82) is 0 Å². The number of nitrogens with zero attached hydrogens (tertiary/aromatic N) is 5. The first-order chi connectivity index (χ1) is 21.6. The number of hydrogen-bond donors (Lipinski definition) is 1. The van der Waals surface area contributed by atoms with Gasteiger partial charge in [0.25, 0.3) is 0 Å². The number of fused-ring (bicyclic) bond motifs is 1. The predicted molar refractivity (Wildman–Crippen MR) is 170 cm³/mol. The van der Waals surface area contributed by atoms with E-state index in [1.165, 1.54) is 12.4 Å². The van der Waals surface area contributed by atoms with Crippen molar-refractivity contribution in [2.24, 2.45) is 5.92 Å². The van der Waals surface area contributed by atoms with Gasteiger partial charge in [0.1, 0.15) is 35.0 Å². The number of carbonyl (C=O) groups is 1. The van der Waals surface area contributed by atoms with Gasteiger partial charge in [-0.3, -0.25) is 9.69 Å². The molecule has 4 aromatic rings. The van der Waals surface area contributed by atoms with Crippen LogP contribution in [0.25, 0.3) is 22.2 Å². The summed E-state index contributed by atoms with van der Waals surface area (Å²) in [5, 5.41) is 0.816. The minimum atomic E-state index is 0.0262. The summed E-state index contributed by atoms with van der Waals surface area (Å²) in [7, 11) is 0. The van der Waals surface area contributed by atoms with Crippen molar-refractivity contribution in [3.8, 4) is 34.5 Å². The number of carbonyl (C=O) groups excluding carboxylic acids is 1. The number of para-hydroxylation sites is 1. The minimum Gasteiger partial charge on any atom is -0.457 e. The Labute approximate surface area is 257 Å². The Morgan fingerprint density at radius 1 is 1.00 bits per heavy atom. The maximum Gasteiger partial charge on any atom is 0.245 e. The molecule has 0 radical (unpaired) electrons. The van der Waals surface area contributed by atoms with Gasteiger partial charge in [-0.25, -0.2) is 9.97 Å². The Kier molecular flexibility index (Phi) is 7.77. The lowest BCUT2D eigenvalue weighted by molar-refractivity contribution is -0.127. The van der Waals surface area contributed by atoms with E-state index in [0.29, 0.717) is 25.1 Å². The van der Waals surface area contributed by atoms with Crippen molar-refractivity contribution in [3.63, 3.8) is 0 Å². The van der Waals surface area contributed by atoms with Crippen molar-refractivity contribution >= 4 is 22.8 Å². The standard InChI is InChI=1S/C35H36N6O3/c1-2-31(42)39-17-14-26(15-18-39)40-20-24(21-40)8-13-30-32(25-9-11-29(12-10-25)44-28-6-4-3-5-7-28)33-34(36)37-23-38-35(33)41(30)27-16-19-43-22-27/h2-7,9-12,23-24,26-27H,1,14-22H2,(H2,36,37,38)/t27-/m0/s1. The number of amides is 1. The van der Waals surface area contributed by atoms with Gasteiger partial charge in [-0.15, -0.1) is 0 Å². The molecule has 2 N–H and O–H groups in total. The Bertz CT molecular complexity index is 1720. The maximum absolute atomic E-state index is 12.0. The molecule has 0 saturated carbocycles. The second kappa shape index (κ2) is 12.2. The summed E-state index contributed by atoms with van der Waals surface area (Å²) < 4.78 is 14.1. The molecule has 9 nitrogen and oxygen atoms in total. The summed E-state index contributed by atoms with van der Waals surface area (Å²) >= 11 is 0. The Morgan fingerprint density at radius 2 is 1.75 bits per heavy atom. The van der Waals surface area contributed by atoms with Gasteiger partial charge in [-0.05, 0) is 61.1 Å². The van der Waals surface area contributed by atoms with Crippen molar-refractivity contribution in [3.05, 3.63) is 79.3 Å². The first kappa shape index (κ1) is 28.1. The van der Waals surface area contributed by atoms with E-state index in [2.05, 4.69) is 45.0 Å². The lowest BCUT2D eigenvalue weighted by Crippen LogP contribution is -2.55. The predicted octanol–water partition coefficient (Wildman–Crippen LogP) is 4.89. The van der Waals surface area contributed by atoms with Gasteiger partial charge >= 0.3 is 0 Å². The smallest absolute Gasteiger partial charge is 0.245 e. The van der Waals surface area contributed by atoms with E-state index in [0.717, 1.165) is 84.8 Å². The van der Waals surface area contributed by atoms with E-state index in [4.69, 9.17) is 20.2 Å². The van der Waals surface area contributed by atoms with Crippen LogP contribution in [0.4, 0.5) is 5.82 Å². The second-order valence-corrected chi connectivity index (χ2v) is 11.7. The van der Waals surface area contributed by atoms with Crippen LogP contribution < -0.4 is 10.5 Å². The van der Waals surface area contributed by atoms with Crippen LogP contribution in [-0.4, -0.2) is 75.7 Å². The molecule has 1 atom stereocenters. The summed E-state index contributed by atoms with van der Waals surface area (Å²) in [4.78, 5) is 25.4. The molecule has 44 heavy (non-hydrogen) atoms. The number of rotatable bonds is 6. The molecule has 3 saturated heterocycles. The summed E-state index contributed by atoms with van der Waals surface area (Å²) in [5.74, 6) is 9.46. The quantitative estimate of drug-likeness (QED) is 0.253. The summed E-state index contributed by atoms with van der Waals surface area (Å²) in [6, 6.07) is 18.4. The molecule has 0 spiro atoms. The van der Waals surface area contributed by atoms with Gasteiger partial charge in [0.05, 0.1) is 18.0 Å². The number of aromatic nitrogens is 3. The number of nitrogens with two attached hydrogens (primary N) is 1. The van der Waals surface area contributed by atoms with Crippen LogP contribution in [0.1, 0.15) is 31.0 Å². The highest BCUT2D eigenvalue weighted by Gasteiger charge is 2.34. The molecule has 0 bridgehead atoms. The van der Waals surface area contributed by atoms with Gasteiger partial charge in [0.15, 0.2) is 0 Å². The zero-order chi connectivity index (χ0) is 30.0. The van der Waals surface area contributed by atoms with Gasteiger partial charge in [0, 0.05) is 50.3 Å². The van der Waals surface area contributed by atoms with E-state index in [1.54, 1.807) is 0 Å². The van der Waals surface area contributed by atoms with Gasteiger partial charge < -0.3 is 24.7 Å². The normalized spacial score (nSPS) is 19.4. The number of benzene rings is 2. The highest BCUT2D eigenvalue weighted by atomic mass is 16.5. The number of ether oxygens (including phenoxy) is 2. The Morgan fingerprint density at radius 3 is 2.45 bits per heavy atom. The van der Waals surface area contributed by atoms with Gasteiger partial charge in [0.2, 0.25) is 5.91 Å². The van der Waals surface area contributed by atoms with Crippen LogP contribution in [0.2, 0.25) is 0 Å². The number of likely N-dealkylation sites (tertiary alicyclic amines) is 2. The van der Waals surface area contributed by atoms with Crippen LogP contribution in [-0.2, 0) is 9.53 Å². The third-order valence-electron chi connectivity index (χ3n) is 8.98. The van der Waals surface area contributed by atoms with E-state index in [1.807, 2.05) is 47.4 Å². The summed E-state index contributed by atoms with van der Waals surface area (Å²) in [5.41, 5.74) is 10.1. The highest BCUT2D eigenvalue weighted by molar-refractivity contribution is 6.03. The fourth-order valence-electron chi connectivity index (χ4n) is 6.61. The number of anilines is 1. The van der Waals surface area contributed by atoms with Crippen LogP contribution in [0.15, 0.2) is 73.6 Å². The molecule has 3 fully saturated rings. The first-order valence-corrected chi connectivity index (χ1v) is 15.3. The van der Waals surface area contributed by atoms with Gasteiger partial charge in [-0.1, -0.05) is 42.8 Å². The lowest BCUT2D eigenvalue weighted by Gasteiger charge is -2.45. The van der Waals surface area contributed by atoms with Crippen molar-refractivity contribution in [1.82, 2.24) is 24.3 Å². The van der Waals surface area contributed by atoms with E-state index in [-0.39, 0.29) is 17.9 Å². The largest absolute Gasteiger partial charge is 0.457 e. The second-order valence-electron chi connectivity index (χ2n) is 11.7. The molecule has 7 rings (SSSR count). The SMILES string of the molecule is C=CC(=O)N1CCC(N2CC(C#Cc3c(-c4ccc(Oc5ccccc5)cc4)c4c(N)ncnc4n3[C@H]3CCOC3)C2)CC1. The molecule has 3 aliphatic rings. The van der Waals surface area contributed by atoms with Crippen molar-refractivity contribution in [2.45, 2.75) is 31.3 Å². The molecule has 1 amide bonds. The first-order valence-electron chi connectivity index (χ1n) is 15.3. The summed E-state index contributed by atoms with van der Waals surface area (Å²) in [6.45, 7) is 8.37. The fraction of sp³-hybridized carbons (Fsp3) is 0.343. The third-order valence-corrected chi connectivity index (χ3v) is 8.98. The van der Waals surface area contributed by atoms with Crippen LogP contribution in [0.5, 0.6) is 11.5 Å². The monoisotopic (exact) mass is 588 g/mol. The highest BCUT2D eigenvalue weighted by Crippen LogP contribution is 2.40. The average Bonchev–Trinajstić information content (AvgIpc) is 3.68. The lowest BCUT2D eigenvalue weighted by atomic mass is 9.93. The molecule has 0 unspecified atom stereocenters. The fourth-order valence-corrected chi connectivity index (χ4v) is 6.61. The van der Waals surface area contributed by atoms with Crippen LogP contribution >= 0.6 is 0 Å².